The monoisotopic (exact) mass is 266 g/mol. The van der Waals surface area contributed by atoms with Crippen molar-refractivity contribution in [1.82, 2.24) is 5.32 Å². The molecule has 2 saturated heterocycles. The molecule has 0 amide bonds. The van der Waals surface area contributed by atoms with Gasteiger partial charge in [0.15, 0.2) is 5.17 Å². The number of amidine groups is 1. The molecule has 0 aliphatic carbocycles. The minimum atomic E-state index is 0.242. The molecule has 2 aliphatic rings. The smallest absolute Gasteiger partial charge is 0.157 e. The molecule has 0 aromatic carbocycles. The van der Waals surface area contributed by atoms with E-state index in [0.29, 0.717) is 0 Å². The molecule has 0 atom stereocenters. The molecular formula is C13H18N2O2S. The summed E-state index contributed by atoms with van der Waals surface area (Å²) in [4.78, 5) is 4.62. The fourth-order valence-electron chi connectivity index (χ4n) is 2.34. The van der Waals surface area contributed by atoms with Crippen molar-refractivity contribution in [3.63, 3.8) is 0 Å². The average Bonchev–Trinajstić information content (AvgIpc) is 3.02. The third-order valence-corrected chi connectivity index (χ3v) is 4.70. The van der Waals surface area contributed by atoms with Gasteiger partial charge in [0.1, 0.15) is 5.76 Å². The topological polar surface area (TPSA) is 46.8 Å². The summed E-state index contributed by atoms with van der Waals surface area (Å²) in [5, 5.41) is 4.68. The van der Waals surface area contributed by atoms with Gasteiger partial charge in [0.2, 0.25) is 0 Å². The van der Waals surface area contributed by atoms with Gasteiger partial charge >= 0.3 is 0 Å². The molecule has 1 N–H and O–H groups in total. The molecule has 0 bridgehead atoms. The van der Waals surface area contributed by atoms with Crippen LogP contribution < -0.4 is 5.32 Å². The SMILES string of the molecule is c1coc(CCN=C2NC3(CCOCC3)CS2)c1. The first-order valence-electron chi connectivity index (χ1n) is 6.42. The lowest BCUT2D eigenvalue weighted by atomic mass is 9.93. The third kappa shape index (κ3) is 2.72. The second kappa shape index (κ2) is 5.36. The Morgan fingerprint density at radius 1 is 1.39 bits per heavy atom. The van der Waals surface area contributed by atoms with Gasteiger partial charge in [-0.2, -0.15) is 0 Å². The number of hydrogen-bond donors (Lipinski definition) is 1. The molecule has 1 aromatic rings. The fourth-order valence-corrected chi connectivity index (χ4v) is 3.59. The van der Waals surface area contributed by atoms with Crippen molar-refractivity contribution in [2.24, 2.45) is 4.99 Å². The summed E-state index contributed by atoms with van der Waals surface area (Å²) in [6, 6.07) is 3.91. The van der Waals surface area contributed by atoms with Crippen LogP contribution in [0.15, 0.2) is 27.8 Å². The van der Waals surface area contributed by atoms with Gasteiger partial charge in [-0.1, -0.05) is 11.8 Å². The normalized spacial score (nSPS) is 24.6. The van der Waals surface area contributed by atoms with E-state index in [0.717, 1.165) is 55.7 Å². The number of nitrogens with one attached hydrogen (secondary N) is 1. The van der Waals surface area contributed by atoms with E-state index in [2.05, 4.69) is 10.3 Å². The maximum Gasteiger partial charge on any atom is 0.157 e. The number of aliphatic imine (C=N–C) groups is 1. The molecule has 0 saturated carbocycles. The Balaban J connectivity index is 1.51. The van der Waals surface area contributed by atoms with Gasteiger partial charge < -0.3 is 14.5 Å². The lowest BCUT2D eigenvalue weighted by molar-refractivity contribution is 0.0555. The quantitative estimate of drug-likeness (QED) is 0.909. The molecule has 4 nitrogen and oxygen atoms in total. The van der Waals surface area contributed by atoms with E-state index in [-0.39, 0.29) is 5.54 Å². The molecule has 3 heterocycles. The number of nitrogens with zero attached hydrogens (tertiary/aromatic N) is 1. The fraction of sp³-hybridized carbons (Fsp3) is 0.615. The average molecular weight is 266 g/mol. The molecule has 18 heavy (non-hydrogen) atoms. The highest BCUT2D eigenvalue weighted by Gasteiger charge is 2.38. The number of furan rings is 1. The molecule has 0 radical (unpaired) electrons. The van der Waals surface area contributed by atoms with E-state index in [1.807, 2.05) is 23.9 Å². The summed E-state index contributed by atoms with van der Waals surface area (Å²) < 4.78 is 10.7. The Hall–Kier alpha value is -0.940. The lowest BCUT2D eigenvalue weighted by Gasteiger charge is -2.32. The van der Waals surface area contributed by atoms with Crippen LogP contribution in [-0.4, -0.2) is 36.2 Å². The molecule has 2 aliphatic heterocycles. The summed E-state index contributed by atoms with van der Waals surface area (Å²) >= 11 is 1.84. The lowest BCUT2D eigenvalue weighted by Crippen LogP contribution is -2.48. The van der Waals surface area contributed by atoms with Gasteiger partial charge in [-0.15, -0.1) is 0 Å². The van der Waals surface area contributed by atoms with Crippen molar-refractivity contribution in [3.05, 3.63) is 24.2 Å². The molecule has 5 heteroatoms. The summed E-state index contributed by atoms with van der Waals surface area (Å²) in [6.45, 7) is 2.52. The minimum Gasteiger partial charge on any atom is -0.469 e. The Morgan fingerprint density at radius 3 is 3.06 bits per heavy atom. The van der Waals surface area contributed by atoms with E-state index in [9.17, 15) is 0 Å². The zero-order chi connectivity index (χ0) is 12.3. The van der Waals surface area contributed by atoms with Gasteiger partial charge in [-0.05, 0) is 25.0 Å². The van der Waals surface area contributed by atoms with E-state index in [4.69, 9.17) is 9.15 Å². The van der Waals surface area contributed by atoms with Crippen LogP contribution in [0.25, 0.3) is 0 Å². The van der Waals surface area contributed by atoms with Crippen LogP contribution in [0.2, 0.25) is 0 Å². The van der Waals surface area contributed by atoms with Gasteiger partial charge in [-0.25, -0.2) is 0 Å². The highest BCUT2D eigenvalue weighted by atomic mass is 32.2. The van der Waals surface area contributed by atoms with Crippen molar-refractivity contribution in [1.29, 1.82) is 0 Å². The van der Waals surface area contributed by atoms with Crippen molar-refractivity contribution in [2.45, 2.75) is 24.8 Å². The molecule has 98 valence electrons. The first kappa shape index (κ1) is 12.1. The summed E-state index contributed by atoms with van der Waals surface area (Å²) in [7, 11) is 0. The Kier molecular flexibility index (Phi) is 3.61. The third-order valence-electron chi connectivity index (χ3n) is 3.50. The van der Waals surface area contributed by atoms with Crippen LogP contribution in [0.1, 0.15) is 18.6 Å². The minimum absolute atomic E-state index is 0.242. The van der Waals surface area contributed by atoms with Crippen LogP contribution in [0.3, 0.4) is 0 Å². The van der Waals surface area contributed by atoms with Crippen molar-refractivity contribution >= 4 is 16.9 Å². The van der Waals surface area contributed by atoms with Crippen LogP contribution in [0, 0.1) is 0 Å². The van der Waals surface area contributed by atoms with Gasteiger partial charge in [0.25, 0.3) is 0 Å². The first-order chi connectivity index (χ1) is 8.86. The number of hydrogen-bond acceptors (Lipinski definition) is 4. The van der Waals surface area contributed by atoms with Crippen LogP contribution in [0.5, 0.6) is 0 Å². The van der Waals surface area contributed by atoms with E-state index in [1.165, 1.54) is 0 Å². The predicted molar refractivity (Wildman–Crippen MR) is 73.1 cm³/mol. The summed E-state index contributed by atoms with van der Waals surface area (Å²) in [5.41, 5.74) is 0.242. The van der Waals surface area contributed by atoms with Gasteiger partial charge in [0, 0.05) is 31.9 Å². The first-order valence-corrected chi connectivity index (χ1v) is 7.40. The van der Waals surface area contributed by atoms with Gasteiger partial charge in [-0.3, -0.25) is 4.99 Å². The number of rotatable bonds is 3. The van der Waals surface area contributed by atoms with E-state index >= 15 is 0 Å². The van der Waals surface area contributed by atoms with Crippen molar-refractivity contribution in [3.8, 4) is 0 Å². The molecule has 1 spiro atoms. The zero-order valence-electron chi connectivity index (χ0n) is 10.4. The zero-order valence-corrected chi connectivity index (χ0v) is 11.2. The second-order valence-corrected chi connectivity index (χ2v) is 5.79. The molecular weight excluding hydrogens is 248 g/mol. The predicted octanol–water partition coefficient (Wildman–Crippen LogP) is 2.06. The van der Waals surface area contributed by atoms with E-state index < -0.39 is 0 Å². The van der Waals surface area contributed by atoms with Crippen molar-refractivity contribution in [2.75, 3.05) is 25.5 Å². The largest absolute Gasteiger partial charge is 0.469 e. The summed E-state index contributed by atoms with van der Waals surface area (Å²) in [6.07, 6.45) is 4.77. The Bertz CT molecular complexity index is 411. The highest BCUT2D eigenvalue weighted by molar-refractivity contribution is 8.14. The maximum atomic E-state index is 5.42. The molecule has 0 unspecified atom stereocenters. The molecule has 2 fully saturated rings. The van der Waals surface area contributed by atoms with E-state index in [1.54, 1.807) is 6.26 Å². The van der Waals surface area contributed by atoms with Crippen LogP contribution in [0.4, 0.5) is 0 Å². The van der Waals surface area contributed by atoms with Crippen molar-refractivity contribution < 1.29 is 9.15 Å². The maximum absolute atomic E-state index is 5.42. The number of ether oxygens (including phenoxy) is 1. The second-order valence-electron chi connectivity index (χ2n) is 4.82. The Labute approximate surface area is 111 Å². The van der Waals surface area contributed by atoms with Crippen LogP contribution >= 0.6 is 11.8 Å². The number of thioether (sulfide) groups is 1. The molecule has 1 aromatic heterocycles. The summed E-state index contributed by atoms with van der Waals surface area (Å²) in [5.74, 6) is 2.12. The van der Waals surface area contributed by atoms with Crippen LogP contribution in [-0.2, 0) is 11.2 Å². The van der Waals surface area contributed by atoms with Gasteiger partial charge in [0.05, 0.1) is 11.8 Å². The highest BCUT2D eigenvalue weighted by Crippen LogP contribution is 2.31. The standard InChI is InChI=1S/C13H18N2O2S/c1-2-11(17-7-1)3-6-14-12-15-13(10-18-12)4-8-16-9-5-13/h1-2,7H,3-6,8-10H2,(H,14,15). The molecule has 3 rings (SSSR count). The Morgan fingerprint density at radius 2 is 2.28 bits per heavy atom.